The summed E-state index contributed by atoms with van der Waals surface area (Å²) in [4.78, 5) is 9.60. The van der Waals surface area contributed by atoms with Crippen LogP contribution in [-0.2, 0) is 4.74 Å². The molecule has 0 aromatic carbocycles. The summed E-state index contributed by atoms with van der Waals surface area (Å²) in [7, 11) is 3.48. The standard InChI is InChI=1S/C11H15N3O2S/c1-12-11-13-9(16-6-3-5-15-2)8-4-7-17-10(8)14-11/h4,7H,3,5-6H2,1-2H3,(H,12,13,14). The van der Waals surface area contributed by atoms with Gasteiger partial charge in [-0.15, -0.1) is 11.3 Å². The van der Waals surface area contributed by atoms with Crippen LogP contribution in [0.25, 0.3) is 10.2 Å². The Morgan fingerprint density at radius 3 is 3.00 bits per heavy atom. The Kier molecular flexibility index (Phi) is 4.11. The van der Waals surface area contributed by atoms with Crippen LogP contribution >= 0.6 is 11.3 Å². The lowest BCUT2D eigenvalue weighted by atomic mass is 10.4. The van der Waals surface area contributed by atoms with E-state index in [9.17, 15) is 0 Å². The van der Waals surface area contributed by atoms with Crippen LogP contribution < -0.4 is 10.1 Å². The van der Waals surface area contributed by atoms with E-state index in [1.165, 1.54) is 0 Å². The average molecular weight is 253 g/mol. The lowest BCUT2D eigenvalue weighted by Crippen LogP contribution is -2.05. The van der Waals surface area contributed by atoms with Crippen molar-refractivity contribution in [1.82, 2.24) is 9.97 Å². The van der Waals surface area contributed by atoms with Crippen molar-refractivity contribution in [2.24, 2.45) is 0 Å². The van der Waals surface area contributed by atoms with Crippen LogP contribution in [0.2, 0.25) is 0 Å². The number of ether oxygens (including phenoxy) is 2. The van der Waals surface area contributed by atoms with E-state index < -0.39 is 0 Å². The van der Waals surface area contributed by atoms with Gasteiger partial charge in [0.1, 0.15) is 4.83 Å². The molecular weight excluding hydrogens is 238 g/mol. The fraction of sp³-hybridized carbons (Fsp3) is 0.455. The van der Waals surface area contributed by atoms with Gasteiger partial charge in [0.25, 0.3) is 0 Å². The second-order valence-corrected chi connectivity index (χ2v) is 4.33. The molecule has 0 amide bonds. The molecule has 0 saturated heterocycles. The summed E-state index contributed by atoms with van der Waals surface area (Å²) in [5.41, 5.74) is 0. The third kappa shape index (κ3) is 2.83. The van der Waals surface area contributed by atoms with Crippen LogP contribution in [-0.4, -0.2) is 37.3 Å². The summed E-state index contributed by atoms with van der Waals surface area (Å²) in [5.74, 6) is 1.22. The summed E-state index contributed by atoms with van der Waals surface area (Å²) in [6.45, 7) is 1.29. The molecule has 1 N–H and O–H groups in total. The van der Waals surface area contributed by atoms with E-state index in [2.05, 4.69) is 15.3 Å². The molecule has 0 unspecified atom stereocenters. The Labute approximate surface area is 104 Å². The number of hydrogen-bond donors (Lipinski definition) is 1. The molecule has 2 heterocycles. The third-order valence-electron chi connectivity index (χ3n) is 2.25. The van der Waals surface area contributed by atoms with Crippen molar-refractivity contribution in [1.29, 1.82) is 0 Å². The molecule has 0 spiro atoms. The molecule has 2 aromatic heterocycles. The molecule has 17 heavy (non-hydrogen) atoms. The smallest absolute Gasteiger partial charge is 0.227 e. The zero-order chi connectivity index (χ0) is 12.1. The van der Waals surface area contributed by atoms with E-state index in [1.807, 2.05) is 11.4 Å². The second-order valence-electron chi connectivity index (χ2n) is 3.44. The fourth-order valence-corrected chi connectivity index (χ4v) is 2.18. The molecule has 2 aromatic rings. The van der Waals surface area contributed by atoms with E-state index in [0.717, 1.165) is 16.6 Å². The van der Waals surface area contributed by atoms with Crippen molar-refractivity contribution in [3.05, 3.63) is 11.4 Å². The molecule has 2 rings (SSSR count). The van der Waals surface area contributed by atoms with Gasteiger partial charge in [0.05, 0.1) is 12.0 Å². The van der Waals surface area contributed by atoms with Crippen LogP contribution in [0, 0.1) is 0 Å². The van der Waals surface area contributed by atoms with Gasteiger partial charge in [0, 0.05) is 27.2 Å². The van der Waals surface area contributed by atoms with E-state index in [0.29, 0.717) is 25.0 Å². The Bertz CT molecular complexity index is 487. The Balaban J connectivity index is 2.16. The molecule has 6 heteroatoms. The van der Waals surface area contributed by atoms with E-state index in [1.54, 1.807) is 25.5 Å². The average Bonchev–Trinajstić information content (AvgIpc) is 2.82. The number of aromatic nitrogens is 2. The van der Waals surface area contributed by atoms with Crippen LogP contribution in [0.4, 0.5) is 5.95 Å². The predicted molar refractivity (Wildman–Crippen MR) is 68.9 cm³/mol. The number of nitrogens with one attached hydrogen (secondary N) is 1. The summed E-state index contributed by atoms with van der Waals surface area (Å²) in [5, 5.41) is 5.88. The Hall–Kier alpha value is -1.40. The first kappa shape index (κ1) is 12.1. The number of methoxy groups -OCH3 is 1. The van der Waals surface area contributed by atoms with Gasteiger partial charge in [-0.25, -0.2) is 4.98 Å². The van der Waals surface area contributed by atoms with E-state index in [-0.39, 0.29) is 0 Å². The summed E-state index contributed by atoms with van der Waals surface area (Å²) >= 11 is 1.58. The highest BCUT2D eigenvalue weighted by Crippen LogP contribution is 2.27. The molecule has 5 nitrogen and oxygen atoms in total. The summed E-state index contributed by atoms with van der Waals surface area (Å²) < 4.78 is 10.6. The van der Waals surface area contributed by atoms with Crippen molar-refractivity contribution in [3.63, 3.8) is 0 Å². The number of thiophene rings is 1. The highest BCUT2D eigenvalue weighted by Gasteiger charge is 2.08. The lowest BCUT2D eigenvalue weighted by Gasteiger charge is -2.07. The minimum Gasteiger partial charge on any atom is -0.477 e. The quantitative estimate of drug-likeness (QED) is 0.799. The van der Waals surface area contributed by atoms with E-state index >= 15 is 0 Å². The number of anilines is 1. The monoisotopic (exact) mass is 253 g/mol. The van der Waals surface area contributed by atoms with Crippen LogP contribution in [0.5, 0.6) is 5.88 Å². The van der Waals surface area contributed by atoms with Crippen LogP contribution in [0.3, 0.4) is 0 Å². The zero-order valence-electron chi connectivity index (χ0n) is 9.90. The molecule has 0 bridgehead atoms. The van der Waals surface area contributed by atoms with Gasteiger partial charge in [0.2, 0.25) is 11.8 Å². The van der Waals surface area contributed by atoms with Gasteiger partial charge in [-0.3, -0.25) is 0 Å². The van der Waals surface area contributed by atoms with Gasteiger partial charge in [0.15, 0.2) is 0 Å². The maximum atomic E-state index is 5.66. The molecule has 0 aliphatic rings. The fourth-order valence-electron chi connectivity index (χ4n) is 1.42. The lowest BCUT2D eigenvalue weighted by molar-refractivity contribution is 0.171. The van der Waals surface area contributed by atoms with Crippen molar-refractivity contribution in [2.45, 2.75) is 6.42 Å². The minimum absolute atomic E-state index is 0.585. The minimum atomic E-state index is 0.585. The third-order valence-corrected chi connectivity index (χ3v) is 3.05. The number of nitrogens with zero attached hydrogens (tertiary/aromatic N) is 2. The van der Waals surface area contributed by atoms with Gasteiger partial charge in [-0.1, -0.05) is 0 Å². The summed E-state index contributed by atoms with van der Waals surface area (Å²) in [6, 6.07) is 1.98. The number of rotatable bonds is 6. The van der Waals surface area contributed by atoms with Crippen molar-refractivity contribution < 1.29 is 9.47 Å². The first-order chi connectivity index (χ1) is 8.35. The van der Waals surface area contributed by atoms with Crippen molar-refractivity contribution in [3.8, 4) is 5.88 Å². The highest BCUT2D eigenvalue weighted by molar-refractivity contribution is 7.16. The Morgan fingerprint density at radius 1 is 1.35 bits per heavy atom. The topological polar surface area (TPSA) is 56.3 Å². The van der Waals surface area contributed by atoms with Crippen LogP contribution in [0.1, 0.15) is 6.42 Å². The predicted octanol–water partition coefficient (Wildman–Crippen LogP) is 2.15. The van der Waals surface area contributed by atoms with Gasteiger partial charge < -0.3 is 14.8 Å². The van der Waals surface area contributed by atoms with Gasteiger partial charge in [-0.05, 0) is 11.4 Å². The van der Waals surface area contributed by atoms with Gasteiger partial charge >= 0.3 is 0 Å². The molecular formula is C11H15N3O2S. The Morgan fingerprint density at radius 2 is 2.24 bits per heavy atom. The molecule has 0 saturated carbocycles. The number of fused-ring (bicyclic) bond motifs is 1. The molecule has 92 valence electrons. The molecule has 0 radical (unpaired) electrons. The zero-order valence-corrected chi connectivity index (χ0v) is 10.7. The largest absolute Gasteiger partial charge is 0.477 e. The maximum Gasteiger partial charge on any atom is 0.227 e. The second kappa shape index (κ2) is 5.79. The van der Waals surface area contributed by atoms with E-state index in [4.69, 9.17) is 9.47 Å². The van der Waals surface area contributed by atoms with Crippen molar-refractivity contribution >= 4 is 27.5 Å². The first-order valence-corrected chi connectivity index (χ1v) is 6.28. The highest BCUT2D eigenvalue weighted by atomic mass is 32.1. The molecule has 0 fully saturated rings. The molecule has 0 aliphatic carbocycles. The molecule has 0 atom stereocenters. The number of hydrogen-bond acceptors (Lipinski definition) is 6. The normalized spacial score (nSPS) is 10.7. The van der Waals surface area contributed by atoms with Crippen molar-refractivity contribution in [2.75, 3.05) is 32.7 Å². The van der Waals surface area contributed by atoms with Crippen LogP contribution in [0.15, 0.2) is 11.4 Å². The summed E-state index contributed by atoms with van der Waals surface area (Å²) in [6.07, 6.45) is 0.848. The maximum absolute atomic E-state index is 5.66. The molecule has 0 aliphatic heterocycles. The van der Waals surface area contributed by atoms with Gasteiger partial charge in [-0.2, -0.15) is 4.98 Å². The SMILES string of the molecule is CNc1nc(OCCCOC)c2ccsc2n1. The first-order valence-electron chi connectivity index (χ1n) is 5.40.